The number of benzene rings is 1. The zero-order chi connectivity index (χ0) is 19.4. The van der Waals surface area contributed by atoms with Crippen LogP contribution in [0.15, 0.2) is 41.0 Å². The summed E-state index contributed by atoms with van der Waals surface area (Å²) in [6.07, 6.45) is 0.594. The largest absolute Gasteiger partial charge is 0.452 e. The number of hydrogen-bond acceptors (Lipinski definition) is 7. The number of amides is 1. The van der Waals surface area contributed by atoms with Gasteiger partial charge in [0.25, 0.3) is 5.91 Å². The number of thiophene rings is 1. The van der Waals surface area contributed by atoms with E-state index < -0.39 is 12.1 Å². The lowest BCUT2D eigenvalue weighted by atomic mass is 10.1. The molecule has 2 heterocycles. The predicted molar refractivity (Wildman–Crippen MR) is 108 cm³/mol. The van der Waals surface area contributed by atoms with Gasteiger partial charge in [0.1, 0.15) is 16.2 Å². The lowest BCUT2D eigenvalue weighted by molar-refractivity contribution is -0.150. The van der Waals surface area contributed by atoms with Gasteiger partial charge in [0.05, 0.1) is 5.75 Å². The van der Waals surface area contributed by atoms with Crippen LogP contribution in [-0.4, -0.2) is 33.7 Å². The van der Waals surface area contributed by atoms with Gasteiger partial charge in [-0.05, 0) is 43.3 Å². The number of aryl methyl sites for hydroxylation is 2. The van der Waals surface area contributed by atoms with E-state index in [4.69, 9.17) is 4.74 Å². The van der Waals surface area contributed by atoms with Gasteiger partial charge >= 0.3 is 5.97 Å². The number of aromatic nitrogens is 2. The Hall–Kier alpha value is -2.45. The molecule has 27 heavy (non-hydrogen) atoms. The molecule has 1 N–H and O–H groups in total. The van der Waals surface area contributed by atoms with Gasteiger partial charge in [-0.25, -0.2) is 9.97 Å². The molecule has 1 atom stereocenters. The molecule has 0 aliphatic heterocycles. The van der Waals surface area contributed by atoms with E-state index >= 15 is 0 Å². The number of anilines is 1. The second-order valence-corrected chi connectivity index (χ2v) is 7.85. The van der Waals surface area contributed by atoms with Crippen molar-refractivity contribution in [2.45, 2.75) is 31.9 Å². The van der Waals surface area contributed by atoms with E-state index in [1.807, 2.05) is 43.5 Å². The van der Waals surface area contributed by atoms with Crippen LogP contribution in [0, 0.1) is 13.8 Å². The van der Waals surface area contributed by atoms with E-state index in [2.05, 4.69) is 15.3 Å². The van der Waals surface area contributed by atoms with Crippen LogP contribution in [-0.2, 0) is 14.3 Å². The highest BCUT2D eigenvalue weighted by atomic mass is 32.2. The lowest BCUT2D eigenvalue weighted by Crippen LogP contribution is -2.31. The molecule has 0 radical (unpaired) electrons. The third-order valence-corrected chi connectivity index (χ3v) is 5.76. The number of thioether (sulfide) groups is 1. The molecule has 140 valence electrons. The monoisotopic (exact) mass is 401 g/mol. The van der Waals surface area contributed by atoms with Crippen LogP contribution in [0.5, 0.6) is 0 Å². The van der Waals surface area contributed by atoms with Crippen molar-refractivity contribution in [3.05, 3.63) is 47.1 Å². The van der Waals surface area contributed by atoms with Crippen LogP contribution >= 0.6 is 23.1 Å². The van der Waals surface area contributed by atoms with Crippen molar-refractivity contribution >= 4 is 50.9 Å². The summed E-state index contributed by atoms with van der Waals surface area (Å²) in [5, 5.41) is 6.41. The molecule has 0 aliphatic carbocycles. The van der Waals surface area contributed by atoms with Crippen LogP contribution in [0.2, 0.25) is 0 Å². The number of fused-ring (bicyclic) bond motifs is 1. The summed E-state index contributed by atoms with van der Waals surface area (Å²) in [5.74, 6) is -0.748. The van der Waals surface area contributed by atoms with Crippen molar-refractivity contribution in [2.24, 2.45) is 0 Å². The van der Waals surface area contributed by atoms with E-state index in [0.717, 1.165) is 32.1 Å². The van der Waals surface area contributed by atoms with Crippen LogP contribution in [0.4, 0.5) is 5.69 Å². The summed E-state index contributed by atoms with van der Waals surface area (Å²) in [6.45, 7) is 5.40. The van der Waals surface area contributed by atoms with Crippen molar-refractivity contribution in [1.29, 1.82) is 0 Å². The highest BCUT2D eigenvalue weighted by molar-refractivity contribution is 8.00. The van der Waals surface area contributed by atoms with Crippen LogP contribution in [0.3, 0.4) is 0 Å². The Labute approximate surface area is 165 Å². The van der Waals surface area contributed by atoms with Crippen molar-refractivity contribution < 1.29 is 14.3 Å². The number of esters is 1. The first kappa shape index (κ1) is 19.3. The smallest absolute Gasteiger partial charge is 0.317 e. The first-order valence-corrected chi connectivity index (χ1v) is 10.2. The molecule has 0 fully saturated rings. The van der Waals surface area contributed by atoms with E-state index in [0.29, 0.717) is 0 Å². The number of rotatable bonds is 6. The molecule has 0 saturated carbocycles. The average Bonchev–Trinajstić information content (AvgIpc) is 3.12. The quantitative estimate of drug-likeness (QED) is 0.382. The molecule has 0 bridgehead atoms. The summed E-state index contributed by atoms with van der Waals surface area (Å²) < 4.78 is 5.27. The molecule has 8 heteroatoms. The van der Waals surface area contributed by atoms with E-state index in [-0.39, 0.29) is 11.7 Å². The van der Waals surface area contributed by atoms with Crippen molar-refractivity contribution in [2.75, 3.05) is 11.1 Å². The third kappa shape index (κ3) is 4.64. The molecule has 6 nitrogen and oxygen atoms in total. The molecule has 1 aromatic carbocycles. The fourth-order valence-electron chi connectivity index (χ4n) is 2.53. The molecule has 0 spiro atoms. The Morgan fingerprint density at radius 2 is 1.96 bits per heavy atom. The Morgan fingerprint density at radius 1 is 1.22 bits per heavy atom. The molecule has 3 rings (SSSR count). The molecule has 0 aliphatic rings. The van der Waals surface area contributed by atoms with Gasteiger partial charge in [-0.15, -0.1) is 11.3 Å². The van der Waals surface area contributed by atoms with Gasteiger partial charge in [-0.2, -0.15) is 0 Å². The number of para-hydroxylation sites is 1. The second-order valence-electron chi connectivity index (χ2n) is 6.00. The third-order valence-electron chi connectivity index (χ3n) is 3.96. The van der Waals surface area contributed by atoms with Crippen molar-refractivity contribution in [3.8, 4) is 0 Å². The number of nitrogens with one attached hydrogen (secondary N) is 1. The number of carbonyl (C=O) groups excluding carboxylic acids is 2. The summed E-state index contributed by atoms with van der Waals surface area (Å²) in [7, 11) is 0. The fourth-order valence-corrected chi connectivity index (χ4v) is 4.09. The summed E-state index contributed by atoms with van der Waals surface area (Å²) in [4.78, 5) is 33.7. The molecule has 3 aromatic rings. The number of ether oxygens (including phenoxy) is 1. The molecular weight excluding hydrogens is 382 g/mol. The van der Waals surface area contributed by atoms with Gasteiger partial charge in [0.2, 0.25) is 0 Å². The van der Waals surface area contributed by atoms with Crippen LogP contribution < -0.4 is 5.32 Å². The zero-order valence-corrected chi connectivity index (χ0v) is 16.8. The minimum atomic E-state index is -0.885. The Bertz CT molecular complexity index is 967. The molecule has 0 unspecified atom stereocenters. The maximum Gasteiger partial charge on any atom is 0.317 e. The summed E-state index contributed by atoms with van der Waals surface area (Å²) in [5.41, 5.74) is 2.67. The molecule has 1 amide bonds. The summed E-state index contributed by atoms with van der Waals surface area (Å²) >= 11 is 2.79. The fraction of sp³-hybridized carbons (Fsp3) is 0.263. The van der Waals surface area contributed by atoms with Crippen molar-refractivity contribution in [3.63, 3.8) is 0 Å². The van der Waals surface area contributed by atoms with Gasteiger partial charge in [-0.3, -0.25) is 9.59 Å². The maximum absolute atomic E-state index is 12.4. The first-order valence-electron chi connectivity index (χ1n) is 8.33. The normalized spacial score (nSPS) is 12.0. The zero-order valence-electron chi connectivity index (χ0n) is 15.2. The predicted octanol–water partition coefficient (Wildman–Crippen LogP) is 3.97. The minimum Gasteiger partial charge on any atom is -0.452 e. The maximum atomic E-state index is 12.4. The molecule has 0 saturated heterocycles. The van der Waals surface area contributed by atoms with E-state index in [1.54, 1.807) is 6.92 Å². The molecule has 2 aromatic heterocycles. The number of carbonyl (C=O) groups is 2. The topological polar surface area (TPSA) is 81.2 Å². The Kier molecular flexibility index (Phi) is 6.08. The van der Waals surface area contributed by atoms with E-state index in [9.17, 15) is 9.59 Å². The number of hydrogen-bond donors (Lipinski definition) is 1. The SMILES string of the molecule is Cc1cccc(C)c1NC(=O)[C@@H](C)OC(=O)CSc1ncnc2sccc12. The average molecular weight is 402 g/mol. The Balaban J connectivity index is 1.55. The van der Waals surface area contributed by atoms with Crippen molar-refractivity contribution in [1.82, 2.24) is 9.97 Å². The number of nitrogens with zero attached hydrogens (tertiary/aromatic N) is 2. The minimum absolute atomic E-state index is 0.0724. The van der Waals surface area contributed by atoms with Gasteiger partial charge in [-0.1, -0.05) is 30.0 Å². The standard InChI is InChI=1S/C19H19N3O3S2/c1-11-5-4-6-12(2)16(11)22-17(24)13(3)25-15(23)9-27-19-14-7-8-26-18(14)20-10-21-19/h4-8,10,13H,9H2,1-3H3,(H,22,24)/t13-/m1/s1. The van der Waals surface area contributed by atoms with Gasteiger partial charge in [0, 0.05) is 11.1 Å². The van der Waals surface area contributed by atoms with Crippen LogP contribution in [0.25, 0.3) is 10.2 Å². The summed E-state index contributed by atoms with van der Waals surface area (Å²) in [6, 6.07) is 7.69. The lowest BCUT2D eigenvalue weighted by Gasteiger charge is -2.16. The van der Waals surface area contributed by atoms with Crippen LogP contribution in [0.1, 0.15) is 18.1 Å². The molecular formula is C19H19N3O3S2. The highest BCUT2D eigenvalue weighted by Crippen LogP contribution is 2.27. The highest BCUT2D eigenvalue weighted by Gasteiger charge is 2.19. The van der Waals surface area contributed by atoms with Gasteiger partial charge < -0.3 is 10.1 Å². The first-order chi connectivity index (χ1) is 13.0. The van der Waals surface area contributed by atoms with Gasteiger partial charge in [0.15, 0.2) is 6.10 Å². The Morgan fingerprint density at radius 3 is 2.70 bits per heavy atom. The van der Waals surface area contributed by atoms with E-state index in [1.165, 1.54) is 29.4 Å². The second kappa shape index (κ2) is 8.49.